The summed E-state index contributed by atoms with van der Waals surface area (Å²) >= 11 is 0. The third kappa shape index (κ3) is 4.87. The number of nitrogens with one attached hydrogen (secondary N) is 1. The van der Waals surface area contributed by atoms with Gasteiger partial charge in [-0.05, 0) is 26.3 Å². The van der Waals surface area contributed by atoms with E-state index in [1.165, 1.54) is 50.4 Å². The second-order valence-corrected chi connectivity index (χ2v) is 6.00. The SMILES string of the molecule is CC(C)(C)OC(=O)N[C@](Cc1ccccc1)(C(=O)O)C(F)(F)F. The lowest BCUT2D eigenvalue weighted by atomic mass is 9.90. The van der Waals surface area contributed by atoms with Gasteiger partial charge in [0.25, 0.3) is 0 Å². The molecule has 0 bridgehead atoms. The Balaban J connectivity index is 3.20. The Bertz CT molecular complexity index is 566. The quantitative estimate of drug-likeness (QED) is 0.887. The van der Waals surface area contributed by atoms with Gasteiger partial charge in [-0.3, -0.25) is 5.32 Å². The van der Waals surface area contributed by atoms with E-state index in [0.29, 0.717) is 0 Å². The van der Waals surface area contributed by atoms with Crippen molar-refractivity contribution in [3.8, 4) is 0 Å². The van der Waals surface area contributed by atoms with E-state index in [2.05, 4.69) is 0 Å². The number of hydrogen-bond donors (Lipinski definition) is 2. The highest BCUT2D eigenvalue weighted by atomic mass is 19.4. The first-order chi connectivity index (χ1) is 10.4. The van der Waals surface area contributed by atoms with Crippen LogP contribution in [0.15, 0.2) is 30.3 Å². The first kappa shape index (κ1) is 18.8. The molecular weight excluding hydrogens is 315 g/mol. The number of hydrogen-bond acceptors (Lipinski definition) is 3. The maximum Gasteiger partial charge on any atom is 0.422 e. The van der Waals surface area contributed by atoms with Crippen LogP contribution in [0.3, 0.4) is 0 Å². The number of alkyl halides is 3. The molecule has 128 valence electrons. The van der Waals surface area contributed by atoms with Crippen molar-refractivity contribution in [1.82, 2.24) is 5.32 Å². The van der Waals surface area contributed by atoms with Crippen LogP contribution in [-0.2, 0) is 16.0 Å². The molecule has 5 nitrogen and oxygen atoms in total. The van der Waals surface area contributed by atoms with Crippen molar-refractivity contribution in [2.75, 3.05) is 0 Å². The van der Waals surface area contributed by atoms with Gasteiger partial charge in [0.2, 0.25) is 5.54 Å². The van der Waals surface area contributed by atoms with Gasteiger partial charge in [-0.1, -0.05) is 30.3 Å². The zero-order valence-electron chi connectivity index (χ0n) is 12.9. The predicted molar refractivity (Wildman–Crippen MR) is 75.9 cm³/mol. The number of ether oxygens (including phenoxy) is 1. The summed E-state index contributed by atoms with van der Waals surface area (Å²) in [4.78, 5) is 23.1. The summed E-state index contributed by atoms with van der Waals surface area (Å²) in [5.41, 5.74) is -4.42. The maximum atomic E-state index is 13.5. The number of aliphatic carboxylic acids is 1. The summed E-state index contributed by atoms with van der Waals surface area (Å²) < 4.78 is 45.1. The number of alkyl carbamates (subject to hydrolysis) is 1. The highest BCUT2D eigenvalue weighted by Crippen LogP contribution is 2.34. The van der Waals surface area contributed by atoms with Crippen molar-refractivity contribution in [3.63, 3.8) is 0 Å². The minimum atomic E-state index is -5.22. The molecule has 0 saturated heterocycles. The number of rotatable bonds is 4. The maximum absolute atomic E-state index is 13.5. The average Bonchev–Trinajstić information content (AvgIpc) is 2.35. The molecule has 1 aromatic rings. The Morgan fingerprint density at radius 1 is 1.13 bits per heavy atom. The molecule has 0 aliphatic heterocycles. The van der Waals surface area contributed by atoms with Crippen LogP contribution in [0.5, 0.6) is 0 Å². The predicted octanol–water partition coefficient (Wildman–Crippen LogP) is 3.14. The second kappa shape index (κ2) is 6.47. The smallest absolute Gasteiger partial charge is 0.422 e. The summed E-state index contributed by atoms with van der Waals surface area (Å²) in [5.74, 6) is -2.21. The lowest BCUT2D eigenvalue weighted by Crippen LogP contribution is -2.65. The van der Waals surface area contributed by atoms with Gasteiger partial charge in [0.15, 0.2) is 0 Å². The second-order valence-electron chi connectivity index (χ2n) is 6.00. The van der Waals surface area contributed by atoms with Crippen LogP contribution in [0.4, 0.5) is 18.0 Å². The van der Waals surface area contributed by atoms with Crippen LogP contribution >= 0.6 is 0 Å². The van der Waals surface area contributed by atoms with Gasteiger partial charge in [-0.25, -0.2) is 9.59 Å². The van der Waals surface area contributed by atoms with Crippen LogP contribution in [0, 0.1) is 0 Å². The zero-order chi connectivity index (χ0) is 17.9. The number of carboxylic acids is 1. The van der Waals surface area contributed by atoms with Crippen molar-refractivity contribution in [3.05, 3.63) is 35.9 Å². The molecule has 0 unspecified atom stereocenters. The van der Waals surface area contributed by atoms with Crippen molar-refractivity contribution >= 4 is 12.1 Å². The lowest BCUT2D eigenvalue weighted by molar-refractivity contribution is -0.208. The first-order valence-electron chi connectivity index (χ1n) is 6.72. The number of carbonyl (C=O) groups is 2. The molecule has 1 aromatic carbocycles. The molecule has 0 aliphatic rings. The largest absolute Gasteiger partial charge is 0.479 e. The highest BCUT2D eigenvalue weighted by Gasteiger charge is 2.62. The monoisotopic (exact) mass is 333 g/mol. The van der Waals surface area contributed by atoms with Gasteiger partial charge in [0.1, 0.15) is 5.60 Å². The normalized spacial score (nSPS) is 14.7. The van der Waals surface area contributed by atoms with Crippen molar-refractivity contribution < 1.29 is 32.6 Å². The fourth-order valence-electron chi connectivity index (χ4n) is 1.85. The van der Waals surface area contributed by atoms with E-state index in [0.717, 1.165) is 0 Å². The van der Waals surface area contributed by atoms with Gasteiger partial charge in [0.05, 0.1) is 0 Å². The summed E-state index contributed by atoms with van der Waals surface area (Å²) in [6.07, 6.45) is -7.62. The van der Waals surface area contributed by atoms with Crippen molar-refractivity contribution in [2.24, 2.45) is 0 Å². The van der Waals surface area contributed by atoms with Crippen LogP contribution < -0.4 is 5.32 Å². The summed E-state index contributed by atoms with van der Waals surface area (Å²) in [5, 5.41) is 10.7. The third-order valence-electron chi connectivity index (χ3n) is 2.88. The van der Waals surface area contributed by atoms with Gasteiger partial charge in [-0.15, -0.1) is 0 Å². The van der Waals surface area contributed by atoms with Crippen LogP contribution in [0.2, 0.25) is 0 Å². The number of benzene rings is 1. The molecule has 0 aliphatic carbocycles. The van der Waals surface area contributed by atoms with Crippen LogP contribution in [0.1, 0.15) is 26.3 Å². The van der Waals surface area contributed by atoms with Gasteiger partial charge in [-0.2, -0.15) is 13.2 Å². The van der Waals surface area contributed by atoms with E-state index in [1.54, 1.807) is 6.07 Å². The molecule has 0 heterocycles. The first-order valence-corrected chi connectivity index (χ1v) is 6.72. The standard InChI is InChI=1S/C15H18F3NO4/c1-13(2,3)23-12(22)19-14(11(20)21,15(16,17)18)9-10-7-5-4-6-8-10/h4-8H,9H2,1-3H3,(H,19,22)(H,20,21)/t14-/m1/s1. The molecule has 1 atom stereocenters. The summed E-state index contributed by atoms with van der Waals surface area (Å²) in [7, 11) is 0. The molecule has 0 fully saturated rings. The van der Waals surface area contributed by atoms with E-state index in [1.807, 2.05) is 0 Å². The molecule has 0 aromatic heterocycles. The van der Waals surface area contributed by atoms with Gasteiger partial charge >= 0.3 is 18.2 Å². The Morgan fingerprint density at radius 3 is 2.04 bits per heavy atom. The molecule has 23 heavy (non-hydrogen) atoms. The molecule has 8 heteroatoms. The van der Waals surface area contributed by atoms with Crippen molar-refractivity contribution in [2.45, 2.75) is 44.5 Å². The van der Waals surface area contributed by atoms with E-state index in [-0.39, 0.29) is 5.56 Å². The van der Waals surface area contributed by atoms with Gasteiger partial charge < -0.3 is 9.84 Å². The lowest BCUT2D eigenvalue weighted by Gasteiger charge is -2.33. The average molecular weight is 333 g/mol. The van der Waals surface area contributed by atoms with E-state index >= 15 is 0 Å². The number of halogens is 3. The molecule has 2 N–H and O–H groups in total. The van der Waals surface area contributed by atoms with E-state index < -0.39 is 35.8 Å². The number of carbonyl (C=O) groups excluding carboxylic acids is 1. The Morgan fingerprint density at radius 2 is 1.65 bits per heavy atom. The number of carboxylic acid groups (broad SMARTS) is 1. The van der Waals surface area contributed by atoms with Crippen LogP contribution in [0.25, 0.3) is 0 Å². The fourth-order valence-corrected chi connectivity index (χ4v) is 1.85. The molecule has 0 saturated carbocycles. The molecule has 1 amide bonds. The van der Waals surface area contributed by atoms with Crippen LogP contribution in [-0.4, -0.2) is 34.5 Å². The topological polar surface area (TPSA) is 75.6 Å². The Hall–Kier alpha value is -2.25. The van der Waals surface area contributed by atoms with E-state index in [4.69, 9.17) is 4.74 Å². The molecule has 0 radical (unpaired) electrons. The fraction of sp³-hybridized carbons (Fsp3) is 0.467. The van der Waals surface area contributed by atoms with Crippen molar-refractivity contribution in [1.29, 1.82) is 0 Å². The highest BCUT2D eigenvalue weighted by molar-refractivity contribution is 5.86. The summed E-state index contributed by atoms with van der Waals surface area (Å²) in [6.45, 7) is 4.37. The Kier molecular flexibility index (Phi) is 5.29. The molecule has 1 rings (SSSR count). The minimum absolute atomic E-state index is 0.114. The molecule has 0 spiro atoms. The van der Waals surface area contributed by atoms with Gasteiger partial charge in [0, 0.05) is 6.42 Å². The minimum Gasteiger partial charge on any atom is -0.479 e. The number of amides is 1. The zero-order valence-corrected chi connectivity index (χ0v) is 12.9. The Labute approximate surface area is 131 Å². The van der Waals surface area contributed by atoms with E-state index in [9.17, 15) is 27.9 Å². The third-order valence-corrected chi connectivity index (χ3v) is 2.88. The molecular formula is C15H18F3NO4. The summed E-state index contributed by atoms with van der Waals surface area (Å²) in [6, 6.07) is 7.23.